The zero-order valence-electron chi connectivity index (χ0n) is 73.0. The molecule has 20 aromatic rings. The Morgan fingerprint density at radius 1 is 0.191 bits per heavy atom. The normalized spacial score (nSPS) is 9.85. The molecule has 0 bridgehead atoms. The van der Waals surface area contributed by atoms with Crippen LogP contribution in [0.4, 0.5) is 0 Å². The average molecular weight is 2410 g/mol. The molecular weight excluding hydrogens is 2320 g/mol. The fraction of sp³-hybridized carbons (Fsp3) is 0.0603. The first-order chi connectivity index (χ1) is 62.5. The van der Waals surface area contributed by atoms with Crippen molar-refractivity contribution < 1.29 is 80.4 Å². The van der Waals surface area contributed by atoms with E-state index in [9.17, 15) is 0 Å². The molecule has 0 amide bonds. The molecule has 11 heterocycles. The molecule has 0 spiro atoms. The summed E-state index contributed by atoms with van der Waals surface area (Å²) in [6, 6.07) is 147. The van der Waals surface area contributed by atoms with Gasteiger partial charge in [-0.05, 0) is 167 Å². The Bertz CT molecular complexity index is 5970. The van der Waals surface area contributed by atoms with Crippen molar-refractivity contribution in [1.29, 1.82) is 0 Å². The van der Waals surface area contributed by atoms with Gasteiger partial charge in [0.2, 0.25) is 0 Å². The van der Waals surface area contributed by atoms with E-state index in [4.69, 9.17) is 0 Å². The van der Waals surface area contributed by atoms with Crippen LogP contribution in [0.2, 0.25) is 0 Å². The maximum Gasteiger partial charge on any atom is 0.0720 e. The summed E-state index contributed by atoms with van der Waals surface area (Å²) in [5, 5.41) is 0. The van der Waals surface area contributed by atoms with E-state index in [1.165, 1.54) is 27.8 Å². The smallest absolute Gasteiger partial charge is 0.0720 e. The van der Waals surface area contributed by atoms with Gasteiger partial charge < -0.3 is 39.9 Å². The molecule has 0 atom stereocenters. The zero-order chi connectivity index (χ0) is 87.7. The number of hydrogen-bond acceptors (Lipinski definition) is 11. The minimum Gasteiger partial charge on any atom is -0.304 e. The van der Waals surface area contributed by atoms with Crippen LogP contribution in [0.25, 0.3) is 135 Å². The van der Waals surface area contributed by atoms with Gasteiger partial charge in [0.25, 0.3) is 0 Å². The molecule has 20 rings (SSSR count). The third kappa shape index (κ3) is 32.4. The maximum absolute atomic E-state index is 4.62. The number of aryl methyl sites for hydroxylation is 6. The number of aromatic nitrogens is 11. The molecule has 0 N–H and O–H groups in total. The van der Waals surface area contributed by atoms with Crippen molar-refractivity contribution in [3.63, 3.8) is 0 Å². The standard InChI is InChI=1S/C18H15N2.C17H13N2.C17H12N.C16H11N2.4C12H10N.4Ir/c1-2-16-9-6-10-18(20-16)15-11-12-17(19-13-15)14-7-4-3-5-8-14;1-13-6-5-9-17(19-13)15-10-11-16(18-12-15)14-7-3-2-4-8-14;1-3-7-14(8-4-1)16-11-12-17(18-13-16)15-9-5-2-6-10-15;1-2-4-14(5-3-1)16-7-6-15(12-18-16)13-8-10-17-11-9-13;4*1-10-7-8-12(13-9-10)11-5-3-2-4-6-11;;;;/h3-7,9-13H,2H2,1H3;2-7,9-12H,1H3;1-9,11-13H;1-4,6-12H;4*2-5,7-9H,1H3;;;;/q8*-1;;;;. The summed E-state index contributed by atoms with van der Waals surface area (Å²) in [6.07, 6.45) is 19.5. The first-order valence-corrected chi connectivity index (χ1v) is 41.7. The van der Waals surface area contributed by atoms with E-state index in [2.05, 4.69) is 165 Å². The number of hydrogen-bond donors (Lipinski definition) is 0. The Morgan fingerprint density at radius 2 is 0.435 bits per heavy atom. The van der Waals surface area contributed by atoms with Crippen LogP contribution in [0, 0.1) is 83.1 Å². The van der Waals surface area contributed by atoms with Gasteiger partial charge in [-0.1, -0.05) is 146 Å². The van der Waals surface area contributed by atoms with Gasteiger partial charge in [0.15, 0.2) is 0 Å². The van der Waals surface area contributed by atoms with E-state index in [-0.39, 0.29) is 80.4 Å². The maximum atomic E-state index is 4.62. The van der Waals surface area contributed by atoms with Crippen molar-refractivity contribution in [1.82, 2.24) is 54.8 Å². The van der Waals surface area contributed by atoms with Crippen LogP contribution in [0.1, 0.15) is 40.6 Å². The average Bonchev–Trinajstić information content (AvgIpc) is 0.817. The van der Waals surface area contributed by atoms with Gasteiger partial charge in [0, 0.05) is 165 Å². The van der Waals surface area contributed by atoms with E-state index in [1.807, 2.05) is 400 Å². The number of nitrogens with zero attached hydrogens (tertiary/aromatic N) is 11. The topological polar surface area (TPSA) is 142 Å². The monoisotopic (exact) mass is 2410 g/mol. The van der Waals surface area contributed by atoms with Crippen LogP contribution < -0.4 is 0 Å². The van der Waals surface area contributed by atoms with Gasteiger partial charge in [0.1, 0.15) is 0 Å². The SMILES string of the molecule is CCc1cccc(-c2ccc(-c3[c-]cccc3)nc2)n1.Cc1ccc(-c2[c-]cccc2)nc1.Cc1ccc(-c2[c-]cccc2)nc1.Cc1ccc(-c2[c-]cccc2)nc1.Cc1ccc(-c2[c-]cccc2)nc1.Cc1cccc(-c2ccc(-c3[c-]cccc3)nc2)n1.[Ir].[Ir].[Ir].[Ir].[c-]1ccccc1-c1ccc(-c2ccccc2)cn1.[c-]1ccccc1-c1ccc(-c2ccncc2)cn1. The van der Waals surface area contributed by atoms with Crippen molar-refractivity contribution in [3.05, 3.63) is 514 Å². The first-order valence-electron chi connectivity index (χ1n) is 41.7. The summed E-state index contributed by atoms with van der Waals surface area (Å²) in [5.41, 5.74) is 31.3. The molecule has 11 nitrogen and oxygen atoms in total. The summed E-state index contributed by atoms with van der Waals surface area (Å²) >= 11 is 0. The molecule has 11 aromatic heterocycles. The summed E-state index contributed by atoms with van der Waals surface area (Å²) in [7, 11) is 0. The van der Waals surface area contributed by atoms with E-state index < -0.39 is 0 Å². The Labute approximate surface area is 824 Å². The molecule has 0 fully saturated rings. The second-order valence-corrected chi connectivity index (χ2v) is 29.0. The molecule has 0 aliphatic carbocycles. The summed E-state index contributed by atoms with van der Waals surface area (Å²) in [5.74, 6) is 0. The minimum atomic E-state index is 0. The summed E-state index contributed by atoms with van der Waals surface area (Å²) < 4.78 is 0. The second-order valence-electron chi connectivity index (χ2n) is 29.0. The van der Waals surface area contributed by atoms with E-state index in [1.54, 1.807) is 12.4 Å². The van der Waals surface area contributed by atoms with Gasteiger partial charge in [-0.25, -0.2) is 0 Å². The van der Waals surface area contributed by atoms with Crippen LogP contribution in [0.15, 0.2) is 432 Å². The largest absolute Gasteiger partial charge is 0.304 e. The first kappa shape index (κ1) is 101. The predicted molar refractivity (Wildman–Crippen MR) is 516 cm³/mol. The van der Waals surface area contributed by atoms with Gasteiger partial charge >= 0.3 is 0 Å². The number of benzene rings is 9. The van der Waals surface area contributed by atoms with Crippen molar-refractivity contribution in [3.8, 4) is 135 Å². The van der Waals surface area contributed by atoms with E-state index in [0.717, 1.165) is 147 Å². The van der Waals surface area contributed by atoms with Crippen molar-refractivity contribution in [2.45, 2.75) is 48.0 Å². The quantitative estimate of drug-likeness (QED) is 0.102. The molecule has 131 heavy (non-hydrogen) atoms. The van der Waals surface area contributed by atoms with Crippen LogP contribution in [0.5, 0.6) is 0 Å². The van der Waals surface area contributed by atoms with Crippen molar-refractivity contribution in [2.24, 2.45) is 0 Å². The van der Waals surface area contributed by atoms with Crippen LogP contribution in [0.3, 0.4) is 0 Å². The van der Waals surface area contributed by atoms with Crippen LogP contribution in [-0.4, -0.2) is 54.8 Å². The summed E-state index contributed by atoms with van der Waals surface area (Å²) in [6.45, 7) is 12.2. The molecule has 0 aliphatic rings. The van der Waals surface area contributed by atoms with Gasteiger partial charge in [-0.15, -0.1) is 287 Å². The van der Waals surface area contributed by atoms with Crippen molar-refractivity contribution in [2.75, 3.05) is 0 Å². The van der Waals surface area contributed by atoms with Gasteiger partial charge in [-0.3, -0.25) is 15.0 Å². The van der Waals surface area contributed by atoms with E-state index >= 15 is 0 Å². The molecule has 0 saturated heterocycles. The molecule has 15 heteroatoms. The molecule has 4 radical (unpaired) electrons. The molecule has 0 unspecified atom stereocenters. The number of pyridine rings is 11. The number of rotatable bonds is 13. The Balaban J connectivity index is 0.000000169. The third-order valence-electron chi connectivity index (χ3n) is 19.3. The van der Waals surface area contributed by atoms with Crippen LogP contribution in [-0.2, 0) is 86.8 Å². The fourth-order valence-electron chi connectivity index (χ4n) is 12.5. The molecule has 9 aromatic carbocycles. The second kappa shape index (κ2) is 55.2. The van der Waals surface area contributed by atoms with Gasteiger partial charge in [-0.2, -0.15) is 0 Å². The molecule has 0 aliphatic heterocycles. The molecular formula is C116H91Ir4N11-8. The van der Waals surface area contributed by atoms with Gasteiger partial charge in [0.05, 0.1) is 11.4 Å². The van der Waals surface area contributed by atoms with Crippen LogP contribution >= 0.6 is 0 Å². The predicted octanol–water partition coefficient (Wildman–Crippen LogP) is 27.3. The Morgan fingerprint density at radius 3 is 0.672 bits per heavy atom. The zero-order valence-corrected chi connectivity index (χ0v) is 82.5. The Hall–Kier alpha value is -13.8. The fourth-order valence-corrected chi connectivity index (χ4v) is 12.5. The Kier molecular flexibility index (Phi) is 42.5. The third-order valence-corrected chi connectivity index (χ3v) is 19.3. The minimum absolute atomic E-state index is 0. The van der Waals surface area contributed by atoms with E-state index in [0.29, 0.717) is 0 Å². The van der Waals surface area contributed by atoms with Crippen molar-refractivity contribution >= 4 is 0 Å². The molecule has 0 saturated carbocycles. The molecule has 654 valence electrons. The summed E-state index contributed by atoms with van der Waals surface area (Å²) in [4.78, 5) is 48.4.